The highest BCUT2D eigenvalue weighted by Crippen LogP contribution is 2.32. The molecule has 1 aliphatic heterocycles. The first kappa shape index (κ1) is 22.2. The van der Waals surface area contributed by atoms with Gasteiger partial charge in [0, 0.05) is 24.0 Å². The van der Waals surface area contributed by atoms with E-state index in [2.05, 4.69) is 4.98 Å². The maximum absolute atomic E-state index is 13.1. The Morgan fingerprint density at radius 3 is 2.67 bits per heavy atom. The molecule has 1 saturated heterocycles. The molecule has 2 heterocycles. The Bertz CT molecular complexity index is 1010. The number of carbonyl (C=O) groups excluding carboxylic acids is 1. The van der Waals surface area contributed by atoms with Crippen LogP contribution in [0.25, 0.3) is 0 Å². The van der Waals surface area contributed by atoms with Gasteiger partial charge in [-0.2, -0.15) is 4.31 Å². The van der Waals surface area contributed by atoms with E-state index in [1.165, 1.54) is 36.7 Å². The predicted octanol–water partition coefficient (Wildman–Crippen LogP) is 1.38. The zero-order valence-corrected chi connectivity index (χ0v) is 17.6. The summed E-state index contributed by atoms with van der Waals surface area (Å²) in [7, 11) is -4.09. The molecule has 9 nitrogen and oxygen atoms in total. The first-order valence-electron chi connectivity index (χ1n) is 9.48. The summed E-state index contributed by atoms with van der Waals surface area (Å²) in [5, 5.41) is 19.6. The highest BCUT2D eigenvalue weighted by Gasteiger charge is 2.49. The van der Waals surface area contributed by atoms with Gasteiger partial charge in [0.15, 0.2) is 0 Å². The number of benzene rings is 1. The van der Waals surface area contributed by atoms with Crippen LogP contribution in [0.1, 0.15) is 31.0 Å². The molecule has 0 radical (unpaired) electrons. The largest absolute Gasteiger partial charge is 0.489 e. The molecular formula is C20H25N3O6S. The molecule has 2 aromatic rings. The van der Waals surface area contributed by atoms with E-state index in [1.54, 1.807) is 6.20 Å². The average molecular weight is 436 g/mol. The molecule has 0 bridgehead atoms. The molecule has 0 spiro atoms. The molecule has 10 heteroatoms. The zero-order valence-electron chi connectivity index (χ0n) is 16.8. The van der Waals surface area contributed by atoms with Crippen LogP contribution in [0.4, 0.5) is 0 Å². The molecule has 2 atom stereocenters. The van der Waals surface area contributed by atoms with Crippen LogP contribution < -0.4 is 10.2 Å². The van der Waals surface area contributed by atoms with Gasteiger partial charge in [-0.15, -0.1) is 0 Å². The third kappa shape index (κ3) is 4.46. The van der Waals surface area contributed by atoms with Gasteiger partial charge < -0.3 is 9.84 Å². The lowest BCUT2D eigenvalue weighted by molar-refractivity contribution is -0.144. The van der Waals surface area contributed by atoms with Crippen LogP contribution in [0.3, 0.4) is 0 Å². The van der Waals surface area contributed by atoms with Gasteiger partial charge in [0.25, 0.3) is 5.91 Å². The first-order chi connectivity index (χ1) is 14.2. The van der Waals surface area contributed by atoms with Crippen molar-refractivity contribution in [2.24, 2.45) is 0 Å². The smallest absolute Gasteiger partial charge is 0.264 e. The van der Waals surface area contributed by atoms with Gasteiger partial charge in [-0.3, -0.25) is 15.0 Å². The molecule has 1 aromatic carbocycles. The van der Waals surface area contributed by atoms with E-state index in [-0.39, 0.29) is 17.9 Å². The first-order valence-corrected chi connectivity index (χ1v) is 10.9. The van der Waals surface area contributed by atoms with Crippen molar-refractivity contribution in [3.8, 4) is 5.75 Å². The molecule has 0 unspecified atom stereocenters. The van der Waals surface area contributed by atoms with E-state index < -0.39 is 27.6 Å². The number of nitrogens with zero attached hydrogens (tertiary/aromatic N) is 2. The lowest BCUT2D eigenvalue weighted by Gasteiger charge is -2.42. The number of nitrogens with one attached hydrogen (secondary N) is 1. The summed E-state index contributed by atoms with van der Waals surface area (Å²) in [6, 6.07) is 8.11. The number of rotatable bonds is 6. The van der Waals surface area contributed by atoms with Crippen LogP contribution in [0.15, 0.2) is 47.5 Å². The maximum atomic E-state index is 13.1. The summed E-state index contributed by atoms with van der Waals surface area (Å²) in [6.07, 6.45) is 2.31. The van der Waals surface area contributed by atoms with E-state index in [9.17, 15) is 18.3 Å². The third-order valence-corrected chi connectivity index (χ3v) is 7.12. The Morgan fingerprint density at radius 1 is 1.33 bits per heavy atom. The van der Waals surface area contributed by atoms with Crippen LogP contribution in [-0.2, 0) is 21.4 Å². The zero-order chi connectivity index (χ0) is 21.9. The van der Waals surface area contributed by atoms with Crippen molar-refractivity contribution >= 4 is 15.9 Å². The SMILES string of the molecule is Cc1ncccc1COc1ccc(S(=O)(=O)N2CCC[C@@](C)(O)[C@@H]2C(=O)NO)cc1. The monoisotopic (exact) mass is 435 g/mol. The number of piperidine rings is 1. The van der Waals surface area contributed by atoms with Gasteiger partial charge in [0.1, 0.15) is 18.4 Å². The fraction of sp³-hybridized carbons (Fsp3) is 0.400. The van der Waals surface area contributed by atoms with Crippen molar-refractivity contribution in [1.82, 2.24) is 14.8 Å². The summed E-state index contributed by atoms with van der Waals surface area (Å²) in [6.45, 7) is 3.60. The van der Waals surface area contributed by atoms with E-state index in [1.807, 2.05) is 19.1 Å². The fourth-order valence-electron chi connectivity index (χ4n) is 3.58. The van der Waals surface area contributed by atoms with Crippen LogP contribution in [0.5, 0.6) is 5.75 Å². The number of aromatic nitrogens is 1. The van der Waals surface area contributed by atoms with Gasteiger partial charge in [-0.1, -0.05) is 6.07 Å². The minimum Gasteiger partial charge on any atom is -0.489 e. The number of amides is 1. The van der Waals surface area contributed by atoms with E-state index in [0.717, 1.165) is 15.6 Å². The molecule has 3 rings (SSSR count). The standard InChI is InChI=1S/C20H25N3O6S/c1-14-15(5-3-11-21-14)13-29-16-6-8-17(9-7-16)30(27,28)23-12-4-10-20(2,25)18(23)19(24)22-26/h3,5-9,11,18,25-26H,4,10,12-13H2,1-2H3,(H,22,24)/t18-,20+/m0/s1. The number of hydroxylamine groups is 1. The van der Waals surface area contributed by atoms with Crippen LogP contribution in [-0.4, -0.2) is 52.1 Å². The molecule has 3 N–H and O–H groups in total. The third-order valence-electron chi connectivity index (χ3n) is 5.24. The molecule has 162 valence electrons. The molecule has 1 amide bonds. The van der Waals surface area contributed by atoms with Crippen LogP contribution in [0.2, 0.25) is 0 Å². The summed E-state index contributed by atoms with van der Waals surface area (Å²) >= 11 is 0. The van der Waals surface area contributed by atoms with Gasteiger partial charge >= 0.3 is 0 Å². The summed E-state index contributed by atoms with van der Waals surface area (Å²) in [4.78, 5) is 16.3. The lowest BCUT2D eigenvalue weighted by atomic mass is 9.87. The Balaban J connectivity index is 1.80. The molecule has 0 aliphatic carbocycles. The summed E-state index contributed by atoms with van der Waals surface area (Å²) in [5.41, 5.74) is 1.62. The topological polar surface area (TPSA) is 129 Å². The van der Waals surface area contributed by atoms with Crippen molar-refractivity contribution in [1.29, 1.82) is 0 Å². The summed E-state index contributed by atoms with van der Waals surface area (Å²) in [5.74, 6) is -0.498. The van der Waals surface area contributed by atoms with Gasteiger partial charge in [0.2, 0.25) is 10.0 Å². The van der Waals surface area contributed by atoms with E-state index >= 15 is 0 Å². The van der Waals surface area contributed by atoms with Crippen molar-refractivity contribution in [3.63, 3.8) is 0 Å². The number of aryl methyl sites for hydroxylation is 1. The quantitative estimate of drug-likeness (QED) is 0.462. The van der Waals surface area contributed by atoms with Gasteiger partial charge in [-0.25, -0.2) is 13.9 Å². The number of ether oxygens (including phenoxy) is 1. The summed E-state index contributed by atoms with van der Waals surface area (Å²) < 4.78 is 32.9. The fourth-order valence-corrected chi connectivity index (χ4v) is 5.30. The Morgan fingerprint density at radius 2 is 2.03 bits per heavy atom. The molecule has 30 heavy (non-hydrogen) atoms. The molecule has 1 fully saturated rings. The molecule has 1 aliphatic rings. The molecule has 0 saturated carbocycles. The number of carbonyl (C=O) groups is 1. The predicted molar refractivity (Wildman–Crippen MR) is 107 cm³/mol. The van der Waals surface area contributed by atoms with Crippen LogP contribution in [0, 0.1) is 6.92 Å². The lowest BCUT2D eigenvalue weighted by Crippen LogP contribution is -2.62. The number of hydrogen-bond donors (Lipinski definition) is 3. The maximum Gasteiger partial charge on any atom is 0.264 e. The molecule has 1 aromatic heterocycles. The minimum atomic E-state index is -4.09. The van der Waals surface area contributed by atoms with Crippen molar-refractivity contribution in [3.05, 3.63) is 53.9 Å². The van der Waals surface area contributed by atoms with Crippen molar-refractivity contribution in [2.45, 2.75) is 49.8 Å². The second kappa shape index (κ2) is 8.68. The highest BCUT2D eigenvalue weighted by atomic mass is 32.2. The van der Waals surface area contributed by atoms with Crippen molar-refractivity contribution in [2.75, 3.05) is 6.54 Å². The Hall–Kier alpha value is -2.53. The second-order valence-electron chi connectivity index (χ2n) is 7.46. The number of aliphatic hydroxyl groups is 1. The van der Waals surface area contributed by atoms with E-state index in [0.29, 0.717) is 18.8 Å². The van der Waals surface area contributed by atoms with E-state index in [4.69, 9.17) is 9.94 Å². The average Bonchev–Trinajstić information content (AvgIpc) is 2.72. The van der Waals surface area contributed by atoms with Crippen molar-refractivity contribution < 1.29 is 28.3 Å². The highest BCUT2D eigenvalue weighted by molar-refractivity contribution is 7.89. The number of pyridine rings is 1. The Labute approximate surface area is 175 Å². The number of hydrogen-bond acceptors (Lipinski definition) is 7. The normalized spacial score (nSPS) is 22.5. The molecular weight excluding hydrogens is 410 g/mol. The second-order valence-corrected chi connectivity index (χ2v) is 9.35. The van der Waals surface area contributed by atoms with Crippen LogP contribution >= 0.6 is 0 Å². The minimum absolute atomic E-state index is 0.0409. The number of sulfonamides is 1. The van der Waals surface area contributed by atoms with Gasteiger partial charge in [0.05, 0.1) is 10.5 Å². The Kier molecular flexibility index (Phi) is 6.41. The van der Waals surface area contributed by atoms with Gasteiger partial charge in [-0.05, 0) is 57.0 Å².